The van der Waals surface area contributed by atoms with Gasteiger partial charge in [0, 0.05) is 42.5 Å². The zero-order chi connectivity index (χ0) is 18.8. The summed E-state index contributed by atoms with van der Waals surface area (Å²) in [5.41, 5.74) is 2.52. The van der Waals surface area contributed by atoms with Crippen LogP contribution < -0.4 is 4.90 Å². The zero-order valence-corrected chi connectivity index (χ0v) is 15.2. The molecule has 1 aliphatic heterocycles. The molecule has 0 N–H and O–H groups in total. The summed E-state index contributed by atoms with van der Waals surface area (Å²) in [6, 6.07) is 15.5. The van der Waals surface area contributed by atoms with E-state index in [9.17, 15) is 10.0 Å². The van der Waals surface area contributed by atoms with Crippen molar-refractivity contribution in [3.05, 3.63) is 64.9 Å². The van der Waals surface area contributed by atoms with E-state index >= 15 is 0 Å². The van der Waals surface area contributed by atoms with Crippen molar-refractivity contribution in [3.63, 3.8) is 0 Å². The molecule has 1 saturated heterocycles. The van der Waals surface area contributed by atoms with Gasteiger partial charge in [0.15, 0.2) is 0 Å². The van der Waals surface area contributed by atoms with Gasteiger partial charge in [-0.05, 0) is 42.5 Å². The first-order chi connectivity index (χ1) is 13.1. The number of hydrogen-bond donors (Lipinski definition) is 0. The van der Waals surface area contributed by atoms with Crippen molar-refractivity contribution in [2.75, 3.05) is 20.1 Å². The molecule has 2 aromatic carbocycles. The summed E-state index contributed by atoms with van der Waals surface area (Å²) in [4.78, 5) is 17.5. The number of benzene rings is 2. The molecule has 1 atom stereocenters. The van der Waals surface area contributed by atoms with Crippen LogP contribution in [0.15, 0.2) is 53.2 Å². The molecular weight excluding hydrogens is 344 g/mol. The average Bonchev–Trinajstić information content (AvgIpc) is 3.08. The molecule has 7 heteroatoms. The lowest BCUT2D eigenvalue weighted by Gasteiger charge is -2.37. The van der Waals surface area contributed by atoms with E-state index < -0.39 is 0 Å². The second-order valence-electron chi connectivity index (χ2n) is 7.08. The van der Waals surface area contributed by atoms with Gasteiger partial charge in [-0.25, -0.2) is 0 Å². The molecule has 7 nitrogen and oxygen atoms in total. The maximum atomic E-state index is 12.9. The topological polar surface area (TPSA) is 76.5 Å². The summed E-state index contributed by atoms with van der Waals surface area (Å²) in [6.45, 7) is 2.30. The van der Waals surface area contributed by atoms with Crippen LogP contribution in [0.2, 0.25) is 0 Å². The standard InChI is InChI=1S/C20H22N4O3/c1-22(13-15-6-3-2-4-7-15)17-8-5-11-23(14-17)20(25)16-9-10-19-18(12-16)21-27-24(19)26/h2-4,6-7,9-10,12,17H,5,8,11,13-14H2,1H3/t17-/m0/s1. The van der Waals surface area contributed by atoms with E-state index in [4.69, 9.17) is 0 Å². The summed E-state index contributed by atoms with van der Waals surface area (Å²) >= 11 is 0. The lowest BCUT2D eigenvalue weighted by atomic mass is 10.0. The summed E-state index contributed by atoms with van der Waals surface area (Å²) in [5, 5.41) is 15.1. The number of fused-ring (bicyclic) bond motifs is 1. The molecule has 0 aliphatic carbocycles. The summed E-state index contributed by atoms with van der Waals surface area (Å²) < 4.78 is 4.58. The van der Waals surface area contributed by atoms with Gasteiger partial charge >= 0.3 is 0 Å². The number of rotatable bonds is 4. The largest absolute Gasteiger partial charge is 0.359 e. The van der Waals surface area contributed by atoms with Crippen LogP contribution >= 0.6 is 0 Å². The van der Waals surface area contributed by atoms with Crippen LogP contribution in [0.3, 0.4) is 0 Å². The third-order valence-electron chi connectivity index (χ3n) is 5.21. The van der Waals surface area contributed by atoms with E-state index in [1.54, 1.807) is 18.2 Å². The van der Waals surface area contributed by atoms with Crippen LogP contribution in [0.4, 0.5) is 0 Å². The van der Waals surface area contributed by atoms with E-state index in [2.05, 4.69) is 33.9 Å². The van der Waals surface area contributed by atoms with E-state index in [1.165, 1.54) is 5.56 Å². The van der Waals surface area contributed by atoms with Crippen molar-refractivity contribution in [3.8, 4) is 0 Å². The highest BCUT2D eigenvalue weighted by atomic mass is 16.8. The molecule has 4 rings (SSSR count). The monoisotopic (exact) mass is 366 g/mol. The summed E-state index contributed by atoms with van der Waals surface area (Å²) in [5.74, 6) is -0.0323. The predicted octanol–water partition coefficient (Wildman–Crippen LogP) is 2.20. The SMILES string of the molecule is CN(Cc1ccccc1)[C@H]1CCCN(C(=O)c2ccc3c(c2)no[n+]3[O-])C1. The molecule has 0 spiro atoms. The van der Waals surface area contributed by atoms with Crippen molar-refractivity contribution in [1.82, 2.24) is 15.0 Å². The second kappa shape index (κ2) is 7.36. The lowest BCUT2D eigenvalue weighted by Crippen LogP contribution is -2.48. The molecule has 3 aromatic rings. The fraction of sp³-hybridized carbons (Fsp3) is 0.350. The Morgan fingerprint density at radius 1 is 1.33 bits per heavy atom. The second-order valence-corrected chi connectivity index (χ2v) is 7.08. The highest BCUT2D eigenvalue weighted by molar-refractivity contribution is 5.97. The number of likely N-dealkylation sites (N-methyl/N-ethyl adjacent to an activating group) is 1. The van der Waals surface area contributed by atoms with Crippen LogP contribution in [-0.4, -0.2) is 47.0 Å². The number of nitrogens with zero attached hydrogens (tertiary/aromatic N) is 4. The summed E-state index contributed by atoms with van der Waals surface area (Å²) in [6.07, 6.45) is 2.05. The molecule has 140 valence electrons. The quantitative estimate of drug-likeness (QED) is 0.662. The normalized spacial score (nSPS) is 17.6. The zero-order valence-electron chi connectivity index (χ0n) is 15.2. The number of hydrogen-bond acceptors (Lipinski definition) is 5. The van der Waals surface area contributed by atoms with Crippen molar-refractivity contribution < 1.29 is 14.3 Å². The minimum Gasteiger partial charge on any atom is -0.359 e. The summed E-state index contributed by atoms with van der Waals surface area (Å²) in [7, 11) is 2.11. The van der Waals surface area contributed by atoms with Gasteiger partial charge in [0.05, 0.1) is 0 Å². The fourth-order valence-electron chi connectivity index (χ4n) is 3.69. The third-order valence-corrected chi connectivity index (χ3v) is 5.21. The Labute approximate surface area is 157 Å². The maximum absolute atomic E-state index is 12.9. The Balaban J connectivity index is 1.45. The Hall–Kier alpha value is -2.93. The molecule has 0 bridgehead atoms. The van der Waals surface area contributed by atoms with E-state index in [-0.39, 0.29) is 5.91 Å². The van der Waals surface area contributed by atoms with E-state index in [1.807, 2.05) is 23.1 Å². The van der Waals surface area contributed by atoms with Crippen molar-refractivity contribution >= 4 is 16.9 Å². The van der Waals surface area contributed by atoms with E-state index in [0.717, 1.165) is 25.9 Å². The molecule has 1 aromatic heterocycles. The predicted molar refractivity (Wildman–Crippen MR) is 99.8 cm³/mol. The Bertz CT molecular complexity index is 941. The molecule has 0 saturated carbocycles. The van der Waals surface area contributed by atoms with Gasteiger partial charge in [-0.15, -0.1) is 0 Å². The Morgan fingerprint density at radius 2 is 2.15 bits per heavy atom. The first-order valence-electron chi connectivity index (χ1n) is 9.15. The van der Waals surface area contributed by atoms with Crippen LogP contribution in [0.1, 0.15) is 28.8 Å². The van der Waals surface area contributed by atoms with Crippen LogP contribution in [-0.2, 0) is 6.54 Å². The maximum Gasteiger partial charge on any atom is 0.254 e. The van der Waals surface area contributed by atoms with Crippen LogP contribution in [0.5, 0.6) is 0 Å². The number of piperidine rings is 1. The fourth-order valence-corrected chi connectivity index (χ4v) is 3.69. The van der Waals surface area contributed by atoms with Gasteiger partial charge in [-0.2, -0.15) is 0 Å². The van der Waals surface area contributed by atoms with Gasteiger partial charge in [-0.3, -0.25) is 14.3 Å². The highest BCUT2D eigenvalue weighted by Gasteiger charge is 2.27. The number of carbonyl (C=O) groups is 1. The third kappa shape index (κ3) is 3.64. The van der Waals surface area contributed by atoms with Gasteiger partial charge in [0.2, 0.25) is 11.0 Å². The molecule has 1 aliphatic rings. The molecule has 2 heterocycles. The molecule has 1 fully saturated rings. The molecule has 0 unspecified atom stereocenters. The Kier molecular flexibility index (Phi) is 4.77. The number of likely N-dealkylation sites (tertiary alicyclic amines) is 1. The van der Waals surface area contributed by atoms with Gasteiger partial charge < -0.3 is 10.1 Å². The first-order valence-corrected chi connectivity index (χ1v) is 9.15. The smallest absolute Gasteiger partial charge is 0.254 e. The van der Waals surface area contributed by atoms with Crippen LogP contribution in [0.25, 0.3) is 11.0 Å². The van der Waals surface area contributed by atoms with Crippen molar-refractivity contribution in [2.45, 2.75) is 25.4 Å². The van der Waals surface area contributed by atoms with Crippen molar-refractivity contribution in [1.29, 1.82) is 0 Å². The number of amides is 1. The minimum absolute atomic E-state index is 0.0323. The van der Waals surface area contributed by atoms with Gasteiger partial charge in [0.25, 0.3) is 5.91 Å². The molecule has 27 heavy (non-hydrogen) atoms. The van der Waals surface area contributed by atoms with Gasteiger partial charge in [-0.1, -0.05) is 30.3 Å². The van der Waals surface area contributed by atoms with Crippen LogP contribution in [0, 0.1) is 5.21 Å². The molecular formula is C20H22N4O3. The van der Waals surface area contributed by atoms with Crippen molar-refractivity contribution in [2.24, 2.45) is 0 Å². The molecule has 1 amide bonds. The highest BCUT2D eigenvalue weighted by Crippen LogP contribution is 2.20. The van der Waals surface area contributed by atoms with Gasteiger partial charge in [0.1, 0.15) is 0 Å². The minimum atomic E-state index is -0.0323. The number of carbonyl (C=O) groups excluding carboxylic acids is 1. The lowest BCUT2D eigenvalue weighted by molar-refractivity contribution is -0.782. The Morgan fingerprint density at radius 3 is 2.96 bits per heavy atom. The average molecular weight is 366 g/mol. The van der Waals surface area contributed by atoms with E-state index in [0.29, 0.717) is 34.1 Å². The number of aromatic nitrogens is 2. The molecule has 0 radical (unpaired) electrons. The first kappa shape index (κ1) is 17.5.